The Morgan fingerprint density at radius 2 is 2.05 bits per heavy atom. The van der Waals surface area contributed by atoms with E-state index in [9.17, 15) is 4.79 Å². The van der Waals surface area contributed by atoms with Crippen LogP contribution in [-0.4, -0.2) is 32.6 Å². The molecule has 5 heteroatoms. The van der Waals surface area contributed by atoms with E-state index in [1.807, 2.05) is 4.90 Å². The first-order chi connectivity index (χ1) is 9.71. The summed E-state index contributed by atoms with van der Waals surface area (Å²) in [7, 11) is 2.95. The van der Waals surface area contributed by atoms with E-state index in [2.05, 4.69) is 0 Å². The monoisotopic (exact) mass is 276 g/mol. The Hall–Kier alpha value is -2.04. The molecule has 1 fully saturated rings. The third-order valence-electron chi connectivity index (χ3n) is 3.74. The van der Waals surface area contributed by atoms with E-state index < -0.39 is 0 Å². The summed E-state index contributed by atoms with van der Waals surface area (Å²) < 4.78 is 10.1. The average molecular weight is 276 g/mol. The smallest absolute Gasteiger partial charge is 0.337 e. The van der Waals surface area contributed by atoms with E-state index in [4.69, 9.17) is 14.9 Å². The van der Waals surface area contributed by atoms with Gasteiger partial charge in [-0.1, -0.05) is 12.8 Å². The molecule has 1 aromatic carbocycles. The lowest BCUT2D eigenvalue weighted by molar-refractivity contribution is 0.0600. The van der Waals surface area contributed by atoms with Gasteiger partial charge in [-0.3, -0.25) is 5.41 Å². The van der Waals surface area contributed by atoms with Crippen molar-refractivity contribution in [1.82, 2.24) is 0 Å². The molecule has 0 aromatic heterocycles. The molecule has 1 aliphatic carbocycles. The lowest BCUT2D eigenvalue weighted by atomic mass is 10.1. The van der Waals surface area contributed by atoms with Crippen LogP contribution in [0.4, 0.5) is 5.69 Å². The molecule has 0 amide bonds. The van der Waals surface area contributed by atoms with Crippen molar-refractivity contribution in [2.45, 2.75) is 31.7 Å². The van der Waals surface area contributed by atoms with Gasteiger partial charge in [0, 0.05) is 6.04 Å². The van der Waals surface area contributed by atoms with Gasteiger partial charge in [-0.25, -0.2) is 4.79 Å². The van der Waals surface area contributed by atoms with Crippen molar-refractivity contribution in [2.75, 3.05) is 19.1 Å². The normalized spacial score (nSPS) is 14.9. The minimum absolute atomic E-state index is 0.300. The maximum atomic E-state index is 11.7. The maximum Gasteiger partial charge on any atom is 0.337 e. The molecule has 0 bridgehead atoms. The highest BCUT2D eigenvalue weighted by molar-refractivity contribution is 5.93. The van der Waals surface area contributed by atoms with Crippen LogP contribution in [-0.2, 0) is 4.74 Å². The van der Waals surface area contributed by atoms with Crippen molar-refractivity contribution in [3.05, 3.63) is 23.8 Å². The summed E-state index contributed by atoms with van der Waals surface area (Å²) in [6.07, 6.45) is 5.78. The zero-order valence-corrected chi connectivity index (χ0v) is 11.9. The molecule has 0 atom stereocenters. The average Bonchev–Trinajstić information content (AvgIpc) is 3.01. The van der Waals surface area contributed by atoms with Crippen LogP contribution in [0.3, 0.4) is 0 Å². The second-order valence-electron chi connectivity index (χ2n) is 4.85. The van der Waals surface area contributed by atoms with Gasteiger partial charge in [0.1, 0.15) is 5.75 Å². The molecule has 1 saturated carbocycles. The number of nitrogens with zero attached hydrogens (tertiary/aromatic N) is 1. The molecule has 0 unspecified atom stereocenters. The fraction of sp³-hybridized carbons (Fsp3) is 0.467. The van der Waals surface area contributed by atoms with Crippen molar-refractivity contribution >= 4 is 18.0 Å². The van der Waals surface area contributed by atoms with E-state index in [0.29, 0.717) is 17.4 Å². The van der Waals surface area contributed by atoms with E-state index in [-0.39, 0.29) is 5.97 Å². The first-order valence-electron chi connectivity index (χ1n) is 6.76. The molecule has 0 aliphatic heterocycles. The zero-order chi connectivity index (χ0) is 14.5. The van der Waals surface area contributed by atoms with E-state index in [1.165, 1.54) is 26.3 Å². The number of esters is 1. The van der Waals surface area contributed by atoms with Crippen LogP contribution in [0, 0.1) is 5.41 Å². The molecule has 0 heterocycles. The summed E-state index contributed by atoms with van der Waals surface area (Å²) in [5.41, 5.74) is 1.21. The molecule has 5 nitrogen and oxygen atoms in total. The Balaban J connectivity index is 2.39. The fourth-order valence-corrected chi connectivity index (χ4v) is 2.69. The van der Waals surface area contributed by atoms with Crippen molar-refractivity contribution in [3.63, 3.8) is 0 Å². The van der Waals surface area contributed by atoms with Crippen LogP contribution in [0.1, 0.15) is 36.0 Å². The number of anilines is 1. The van der Waals surface area contributed by atoms with Gasteiger partial charge in [0.2, 0.25) is 0 Å². The molecule has 1 N–H and O–H groups in total. The third-order valence-corrected chi connectivity index (χ3v) is 3.74. The summed E-state index contributed by atoms with van der Waals surface area (Å²) in [6.45, 7) is 0. The maximum absolute atomic E-state index is 11.7. The van der Waals surface area contributed by atoms with Gasteiger partial charge >= 0.3 is 5.97 Å². The van der Waals surface area contributed by atoms with Crippen LogP contribution in [0.25, 0.3) is 0 Å². The van der Waals surface area contributed by atoms with Crippen molar-refractivity contribution in [3.8, 4) is 5.75 Å². The van der Waals surface area contributed by atoms with E-state index in [0.717, 1.165) is 18.5 Å². The SMILES string of the molecule is COC(=O)c1ccc(OC)c(N(C=N)C2CCCC2)c1. The predicted molar refractivity (Wildman–Crippen MR) is 77.9 cm³/mol. The molecule has 108 valence electrons. The number of hydrogen-bond acceptors (Lipinski definition) is 4. The highest BCUT2D eigenvalue weighted by atomic mass is 16.5. The third kappa shape index (κ3) is 2.76. The largest absolute Gasteiger partial charge is 0.495 e. The summed E-state index contributed by atoms with van der Waals surface area (Å²) >= 11 is 0. The van der Waals surface area contributed by atoms with Crippen LogP contribution in [0.15, 0.2) is 18.2 Å². The van der Waals surface area contributed by atoms with Crippen LogP contribution < -0.4 is 9.64 Å². The van der Waals surface area contributed by atoms with Crippen LogP contribution in [0.5, 0.6) is 5.75 Å². The van der Waals surface area contributed by atoms with Gasteiger partial charge in [-0.15, -0.1) is 0 Å². The molecule has 20 heavy (non-hydrogen) atoms. The van der Waals surface area contributed by atoms with Gasteiger partial charge in [0.25, 0.3) is 0 Å². The molecular formula is C15H20N2O3. The summed E-state index contributed by atoms with van der Waals surface area (Å²) in [5.74, 6) is 0.276. The molecule has 1 aromatic rings. The number of methoxy groups -OCH3 is 2. The molecule has 2 rings (SSSR count). The second kappa shape index (κ2) is 6.41. The Morgan fingerprint density at radius 1 is 1.35 bits per heavy atom. The number of carbonyl (C=O) groups is 1. The van der Waals surface area contributed by atoms with Gasteiger partial charge in [-0.2, -0.15) is 0 Å². The van der Waals surface area contributed by atoms with Crippen molar-refractivity contribution in [1.29, 1.82) is 5.41 Å². The van der Waals surface area contributed by atoms with Gasteiger partial charge in [-0.05, 0) is 31.0 Å². The minimum atomic E-state index is -0.384. The van der Waals surface area contributed by atoms with Gasteiger partial charge < -0.3 is 14.4 Å². The number of carbonyl (C=O) groups excluding carboxylic acids is 1. The Labute approximate surface area is 119 Å². The van der Waals surface area contributed by atoms with Crippen LogP contribution >= 0.6 is 0 Å². The second-order valence-corrected chi connectivity index (χ2v) is 4.85. The standard InChI is InChI=1S/C15H20N2O3/c1-19-14-8-7-11(15(18)20-2)9-13(14)17(10-16)12-5-3-4-6-12/h7-10,12,16H,3-6H2,1-2H3. The first-order valence-corrected chi connectivity index (χ1v) is 6.76. The molecule has 0 spiro atoms. The fourth-order valence-electron chi connectivity index (χ4n) is 2.69. The van der Waals surface area contributed by atoms with Gasteiger partial charge in [0.05, 0.1) is 31.8 Å². The highest BCUT2D eigenvalue weighted by Crippen LogP contribution is 2.34. The Bertz CT molecular complexity index is 496. The van der Waals surface area contributed by atoms with Crippen molar-refractivity contribution in [2.24, 2.45) is 0 Å². The summed E-state index contributed by atoms with van der Waals surface area (Å²) in [6, 6.07) is 5.45. The molecule has 0 saturated heterocycles. The number of benzene rings is 1. The van der Waals surface area contributed by atoms with Crippen molar-refractivity contribution < 1.29 is 14.3 Å². The predicted octanol–water partition coefficient (Wildman–Crippen LogP) is 2.84. The zero-order valence-electron chi connectivity index (χ0n) is 11.9. The quantitative estimate of drug-likeness (QED) is 0.510. The molecule has 1 aliphatic rings. The first kappa shape index (κ1) is 14.4. The number of ether oxygens (including phenoxy) is 2. The topological polar surface area (TPSA) is 62.6 Å². The minimum Gasteiger partial charge on any atom is -0.495 e. The summed E-state index contributed by atoms with van der Waals surface area (Å²) in [5, 5.41) is 7.69. The van der Waals surface area contributed by atoms with E-state index >= 15 is 0 Å². The van der Waals surface area contributed by atoms with E-state index in [1.54, 1.807) is 25.3 Å². The lowest BCUT2D eigenvalue weighted by Gasteiger charge is -2.28. The molecular weight excluding hydrogens is 256 g/mol. The Kier molecular flexibility index (Phi) is 4.61. The van der Waals surface area contributed by atoms with Crippen LogP contribution in [0.2, 0.25) is 0 Å². The highest BCUT2D eigenvalue weighted by Gasteiger charge is 2.24. The number of nitrogens with one attached hydrogen (secondary N) is 1. The van der Waals surface area contributed by atoms with Gasteiger partial charge in [0.15, 0.2) is 0 Å². The molecule has 0 radical (unpaired) electrons. The lowest BCUT2D eigenvalue weighted by Crippen LogP contribution is -2.32. The number of rotatable bonds is 5. The Morgan fingerprint density at radius 3 is 2.60 bits per heavy atom. The number of hydrogen-bond donors (Lipinski definition) is 1. The summed E-state index contributed by atoms with van der Waals surface area (Å²) in [4.78, 5) is 13.5.